The third-order valence-electron chi connectivity index (χ3n) is 4.75. The number of ketones is 1. The molecule has 0 spiro atoms. The van der Waals surface area contributed by atoms with E-state index in [1.54, 1.807) is 4.68 Å². The molecule has 1 aromatic heterocycles. The molecule has 1 aliphatic carbocycles. The van der Waals surface area contributed by atoms with Crippen molar-refractivity contribution in [2.45, 2.75) is 38.6 Å². The van der Waals surface area contributed by atoms with Gasteiger partial charge in [-0.15, -0.1) is 0 Å². The molecular formula is C17H18ClN5O. The van der Waals surface area contributed by atoms with Gasteiger partial charge in [0, 0.05) is 22.7 Å². The van der Waals surface area contributed by atoms with Crippen LogP contribution in [0.2, 0.25) is 5.02 Å². The molecule has 2 heterocycles. The maximum absolute atomic E-state index is 12.9. The normalized spacial score (nSPS) is 22.8. The summed E-state index contributed by atoms with van der Waals surface area (Å²) in [5.41, 5.74) is 2.71. The maximum Gasteiger partial charge on any atom is 0.248 e. The number of carbonyl (C=O) groups excluding carboxylic acids is 1. The molecule has 0 bridgehead atoms. The van der Waals surface area contributed by atoms with Gasteiger partial charge in [-0.3, -0.25) is 4.79 Å². The fourth-order valence-electron chi connectivity index (χ4n) is 3.72. The SMILES string of the molecule is CCC[C@@H]1CC(=O)C2=C(C1)Nc1nnnn1[C@@H]2c1ccc(Cl)cc1. The number of halogens is 1. The summed E-state index contributed by atoms with van der Waals surface area (Å²) in [6.45, 7) is 2.15. The Morgan fingerprint density at radius 2 is 2.08 bits per heavy atom. The molecule has 6 nitrogen and oxygen atoms in total. The van der Waals surface area contributed by atoms with Gasteiger partial charge in [-0.1, -0.05) is 42.2 Å². The lowest BCUT2D eigenvalue weighted by atomic mass is 9.79. The molecule has 0 unspecified atom stereocenters. The Kier molecular flexibility index (Phi) is 3.84. The molecule has 2 aromatic rings. The molecule has 0 fully saturated rings. The van der Waals surface area contributed by atoms with Crippen LogP contribution in [0.5, 0.6) is 0 Å². The number of benzene rings is 1. The first-order chi connectivity index (χ1) is 11.7. The minimum absolute atomic E-state index is 0.184. The van der Waals surface area contributed by atoms with Gasteiger partial charge in [-0.25, -0.2) is 0 Å². The van der Waals surface area contributed by atoms with Crippen LogP contribution in [-0.2, 0) is 4.79 Å². The van der Waals surface area contributed by atoms with Crippen LogP contribution >= 0.6 is 11.6 Å². The molecule has 1 N–H and O–H groups in total. The minimum Gasteiger partial charge on any atom is -0.326 e. The highest BCUT2D eigenvalue weighted by atomic mass is 35.5. The molecule has 0 saturated heterocycles. The van der Waals surface area contributed by atoms with Crippen molar-refractivity contribution in [3.05, 3.63) is 46.1 Å². The first kappa shape index (κ1) is 15.3. The van der Waals surface area contributed by atoms with Gasteiger partial charge in [0.25, 0.3) is 0 Å². The summed E-state index contributed by atoms with van der Waals surface area (Å²) in [6, 6.07) is 7.23. The molecule has 2 aliphatic rings. The average Bonchev–Trinajstić information content (AvgIpc) is 3.02. The first-order valence-electron chi connectivity index (χ1n) is 8.24. The predicted octanol–water partition coefficient (Wildman–Crippen LogP) is 3.37. The van der Waals surface area contributed by atoms with Gasteiger partial charge in [0.2, 0.25) is 5.95 Å². The number of tetrazole rings is 1. The zero-order valence-electron chi connectivity index (χ0n) is 13.4. The fourth-order valence-corrected chi connectivity index (χ4v) is 3.85. The van der Waals surface area contributed by atoms with Crippen molar-refractivity contribution >= 4 is 23.3 Å². The molecule has 24 heavy (non-hydrogen) atoms. The lowest BCUT2D eigenvalue weighted by Crippen LogP contribution is -2.34. The van der Waals surface area contributed by atoms with Crippen LogP contribution in [0.4, 0.5) is 5.95 Å². The first-order valence-corrected chi connectivity index (χ1v) is 8.61. The summed E-state index contributed by atoms with van der Waals surface area (Å²) in [4.78, 5) is 12.9. The number of hydrogen-bond donors (Lipinski definition) is 1. The summed E-state index contributed by atoms with van der Waals surface area (Å²) in [5.74, 6) is 1.16. The van der Waals surface area contributed by atoms with Gasteiger partial charge >= 0.3 is 0 Å². The molecule has 2 atom stereocenters. The van der Waals surface area contributed by atoms with E-state index in [-0.39, 0.29) is 11.8 Å². The van der Waals surface area contributed by atoms with Gasteiger partial charge in [0.15, 0.2) is 5.78 Å². The Hall–Kier alpha value is -2.21. The van der Waals surface area contributed by atoms with Crippen molar-refractivity contribution in [2.75, 3.05) is 5.32 Å². The van der Waals surface area contributed by atoms with Crippen LogP contribution in [0.1, 0.15) is 44.2 Å². The molecule has 0 amide bonds. The predicted molar refractivity (Wildman–Crippen MR) is 90.7 cm³/mol. The number of anilines is 1. The average molecular weight is 344 g/mol. The van der Waals surface area contributed by atoms with Gasteiger partial charge < -0.3 is 5.32 Å². The second-order valence-electron chi connectivity index (χ2n) is 6.40. The molecule has 4 rings (SSSR count). The molecule has 7 heteroatoms. The number of aromatic nitrogens is 4. The Morgan fingerprint density at radius 1 is 1.29 bits per heavy atom. The lowest BCUT2D eigenvalue weighted by molar-refractivity contribution is -0.117. The number of nitrogens with zero attached hydrogens (tertiary/aromatic N) is 4. The van der Waals surface area contributed by atoms with Gasteiger partial charge in [0.1, 0.15) is 6.04 Å². The Bertz CT molecular complexity index is 811. The van der Waals surface area contributed by atoms with E-state index in [2.05, 4.69) is 27.8 Å². The summed E-state index contributed by atoms with van der Waals surface area (Å²) in [5, 5.41) is 15.9. The second kappa shape index (κ2) is 6.02. The molecule has 0 radical (unpaired) electrons. The third kappa shape index (κ3) is 2.51. The quantitative estimate of drug-likeness (QED) is 0.924. The molecule has 1 aliphatic heterocycles. The van der Waals surface area contributed by atoms with E-state index in [1.807, 2.05) is 24.3 Å². The Morgan fingerprint density at radius 3 is 2.83 bits per heavy atom. The van der Waals surface area contributed by atoms with Gasteiger partial charge in [0.05, 0.1) is 0 Å². The van der Waals surface area contributed by atoms with E-state index in [4.69, 9.17) is 11.6 Å². The standard InChI is InChI=1S/C17H18ClN5O/c1-2-3-10-8-13-15(14(24)9-10)16(11-4-6-12(18)7-5-11)23-17(19-13)20-21-22-23/h4-7,10,16H,2-3,8-9H2,1H3,(H,19,20,22)/t10-,16+/m0/s1. The fraction of sp³-hybridized carbons (Fsp3) is 0.412. The van der Waals surface area contributed by atoms with E-state index in [0.29, 0.717) is 23.3 Å². The number of nitrogens with one attached hydrogen (secondary N) is 1. The Balaban J connectivity index is 1.81. The van der Waals surface area contributed by atoms with Crippen molar-refractivity contribution in [1.29, 1.82) is 0 Å². The van der Waals surface area contributed by atoms with Crippen LogP contribution in [0.25, 0.3) is 0 Å². The highest BCUT2D eigenvalue weighted by Gasteiger charge is 2.38. The van der Waals surface area contributed by atoms with Crippen LogP contribution < -0.4 is 5.32 Å². The summed E-state index contributed by atoms with van der Waals surface area (Å²) < 4.78 is 1.68. The van der Waals surface area contributed by atoms with Crippen molar-refractivity contribution in [1.82, 2.24) is 20.2 Å². The molecule has 0 saturated carbocycles. The van der Waals surface area contributed by atoms with E-state index in [1.165, 1.54) is 0 Å². The highest BCUT2D eigenvalue weighted by molar-refractivity contribution is 6.30. The van der Waals surface area contributed by atoms with Crippen molar-refractivity contribution in [3.8, 4) is 0 Å². The van der Waals surface area contributed by atoms with Crippen LogP contribution in [0.3, 0.4) is 0 Å². The largest absolute Gasteiger partial charge is 0.326 e. The maximum atomic E-state index is 12.9. The topological polar surface area (TPSA) is 72.7 Å². The van der Waals surface area contributed by atoms with E-state index >= 15 is 0 Å². The zero-order valence-corrected chi connectivity index (χ0v) is 14.1. The number of allylic oxidation sites excluding steroid dienone is 2. The number of hydrogen-bond acceptors (Lipinski definition) is 5. The monoisotopic (exact) mass is 343 g/mol. The zero-order chi connectivity index (χ0) is 16.7. The van der Waals surface area contributed by atoms with Gasteiger partial charge in [-0.05, 0) is 46.9 Å². The molecular weight excluding hydrogens is 326 g/mol. The summed E-state index contributed by atoms with van der Waals surface area (Å²) in [6.07, 6.45) is 3.60. The highest BCUT2D eigenvalue weighted by Crippen LogP contribution is 2.41. The molecule has 124 valence electrons. The summed E-state index contributed by atoms with van der Waals surface area (Å²) in [7, 11) is 0. The lowest BCUT2D eigenvalue weighted by Gasteiger charge is -2.34. The van der Waals surface area contributed by atoms with Crippen molar-refractivity contribution < 1.29 is 4.79 Å². The number of carbonyl (C=O) groups is 1. The van der Waals surface area contributed by atoms with E-state index < -0.39 is 0 Å². The Labute approximate surface area is 144 Å². The van der Waals surface area contributed by atoms with E-state index in [9.17, 15) is 4.79 Å². The smallest absolute Gasteiger partial charge is 0.248 e. The number of fused-ring (bicyclic) bond motifs is 1. The second-order valence-corrected chi connectivity index (χ2v) is 6.84. The number of Topliss-reactive ketones (excluding diaryl/α,β-unsaturated/α-hetero) is 1. The molecule has 1 aromatic carbocycles. The summed E-state index contributed by atoms with van der Waals surface area (Å²) >= 11 is 6.01. The van der Waals surface area contributed by atoms with E-state index in [0.717, 1.165) is 36.1 Å². The van der Waals surface area contributed by atoms with Gasteiger partial charge in [-0.2, -0.15) is 4.68 Å². The third-order valence-corrected chi connectivity index (χ3v) is 5.00. The van der Waals surface area contributed by atoms with Crippen LogP contribution in [0, 0.1) is 5.92 Å². The minimum atomic E-state index is -0.293. The van der Waals surface area contributed by atoms with Crippen molar-refractivity contribution in [3.63, 3.8) is 0 Å². The van der Waals surface area contributed by atoms with Crippen LogP contribution in [0.15, 0.2) is 35.5 Å². The number of rotatable bonds is 3. The van der Waals surface area contributed by atoms with Crippen molar-refractivity contribution in [2.24, 2.45) is 5.92 Å². The van der Waals surface area contributed by atoms with Crippen LogP contribution in [-0.4, -0.2) is 26.0 Å².